The van der Waals surface area contributed by atoms with Gasteiger partial charge in [-0.15, -0.1) is 0 Å². The smallest absolute Gasteiger partial charge is 0.462 e. The predicted molar refractivity (Wildman–Crippen MR) is 223 cm³/mol. The summed E-state index contributed by atoms with van der Waals surface area (Å²) in [5, 5.41) is 41.1. The van der Waals surface area contributed by atoms with Crippen LogP contribution in [0.15, 0.2) is 24.3 Å². The maximum atomic E-state index is 12.9. The van der Waals surface area contributed by atoms with Gasteiger partial charge in [0.25, 0.3) is 0 Å². The molecule has 1 rings (SSSR count). The first-order chi connectivity index (χ1) is 28.1. The molecule has 0 aromatic heterocycles. The lowest BCUT2D eigenvalue weighted by atomic mass is 9.85. The third kappa shape index (κ3) is 27.9. The fourth-order valence-electron chi connectivity index (χ4n) is 6.54. The molecule has 1 saturated carbocycles. The molecule has 1 fully saturated rings. The third-order valence-electron chi connectivity index (χ3n) is 10.00. The minimum absolute atomic E-state index is 0.0335. The van der Waals surface area contributed by atoms with Crippen molar-refractivity contribution in [2.75, 3.05) is 13.2 Å². The fourth-order valence-corrected chi connectivity index (χ4v) is 8.08. The van der Waals surface area contributed by atoms with Gasteiger partial charge in [0.2, 0.25) is 0 Å². The van der Waals surface area contributed by atoms with Gasteiger partial charge >= 0.3 is 27.6 Å². The van der Waals surface area contributed by atoms with Gasteiger partial charge in [-0.25, -0.2) is 9.13 Å². The third-order valence-corrected chi connectivity index (χ3v) is 11.5. The topological polar surface area (TPSA) is 256 Å². The molecule has 18 heteroatoms. The summed E-state index contributed by atoms with van der Waals surface area (Å²) in [5.41, 5.74) is 0. The zero-order chi connectivity index (χ0) is 43.9. The molecule has 0 radical (unpaired) electrons. The van der Waals surface area contributed by atoms with Crippen LogP contribution in [0, 0.1) is 0 Å². The van der Waals surface area contributed by atoms with Crippen LogP contribution in [0.1, 0.15) is 168 Å². The van der Waals surface area contributed by atoms with Crippen LogP contribution < -0.4 is 0 Å². The summed E-state index contributed by atoms with van der Waals surface area (Å²) in [6.45, 7) is 3.04. The SMILES string of the molecule is CCCCCC/C=C\CCCCCCCC(=O)OC[C@H](COP(=O)(O)O[C@H]1C(O)C(O)C(O)[C@@H](OP(=O)(O)O)C1O)OC(=O)CCCCCCC/C=C\CCCCCC. The molecule has 0 aromatic carbocycles. The van der Waals surface area contributed by atoms with E-state index in [0.717, 1.165) is 77.0 Å². The van der Waals surface area contributed by atoms with Gasteiger partial charge in [0, 0.05) is 12.8 Å². The number of carbonyl (C=O) groups is 2. The van der Waals surface area contributed by atoms with Crippen LogP contribution in [-0.4, -0.2) is 103 Å². The van der Waals surface area contributed by atoms with Crippen molar-refractivity contribution in [2.45, 2.75) is 211 Å². The van der Waals surface area contributed by atoms with Crippen molar-refractivity contribution in [2.24, 2.45) is 0 Å². The van der Waals surface area contributed by atoms with Gasteiger partial charge in [-0.05, 0) is 64.2 Å². The molecule has 346 valence electrons. The van der Waals surface area contributed by atoms with Crippen molar-refractivity contribution in [3.8, 4) is 0 Å². The number of phosphoric acid groups is 2. The average Bonchev–Trinajstić information content (AvgIpc) is 3.18. The highest BCUT2D eigenvalue weighted by Gasteiger charge is 2.54. The van der Waals surface area contributed by atoms with E-state index < -0.39 is 83.5 Å². The van der Waals surface area contributed by atoms with Crippen LogP contribution in [0.2, 0.25) is 0 Å². The number of hydrogen-bond acceptors (Lipinski definition) is 13. The Bertz CT molecular complexity index is 1260. The van der Waals surface area contributed by atoms with E-state index in [4.69, 9.17) is 28.3 Å². The number of rotatable bonds is 36. The lowest BCUT2D eigenvalue weighted by Gasteiger charge is -2.43. The summed E-state index contributed by atoms with van der Waals surface area (Å²) in [5.74, 6) is -1.22. The van der Waals surface area contributed by atoms with Gasteiger partial charge in [0.15, 0.2) is 6.10 Å². The van der Waals surface area contributed by atoms with Crippen LogP contribution in [-0.2, 0) is 41.8 Å². The number of aliphatic hydroxyl groups is 4. The van der Waals surface area contributed by atoms with Crippen molar-refractivity contribution in [3.05, 3.63) is 24.3 Å². The maximum absolute atomic E-state index is 12.9. The van der Waals surface area contributed by atoms with Gasteiger partial charge in [-0.2, -0.15) is 0 Å². The molecular formula is C41H76O16P2. The number of phosphoric ester groups is 2. The summed E-state index contributed by atoms with van der Waals surface area (Å²) in [7, 11) is -10.7. The van der Waals surface area contributed by atoms with Crippen molar-refractivity contribution in [1.29, 1.82) is 0 Å². The van der Waals surface area contributed by atoms with Crippen molar-refractivity contribution < 1.29 is 76.9 Å². The van der Waals surface area contributed by atoms with Gasteiger partial charge in [0.1, 0.15) is 43.2 Å². The van der Waals surface area contributed by atoms with Crippen molar-refractivity contribution in [3.63, 3.8) is 0 Å². The Morgan fingerprint density at radius 3 is 1.39 bits per heavy atom. The van der Waals surface area contributed by atoms with Gasteiger partial charge < -0.3 is 44.6 Å². The zero-order valence-electron chi connectivity index (χ0n) is 35.4. The predicted octanol–water partition coefficient (Wildman–Crippen LogP) is 7.39. The quantitative estimate of drug-likeness (QED) is 0.0140. The lowest BCUT2D eigenvalue weighted by Crippen LogP contribution is -2.64. The number of unbranched alkanes of at least 4 members (excludes halogenated alkanes) is 18. The molecule has 1 aliphatic rings. The van der Waals surface area contributed by atoms with E-state index in [2.05, 4.69) is 42.7 Å². The van der Waals surface area contributed by atoms with E-state index in [0.29, 0.717) is 12.8 Å². The number of carbonyl (C=O) groups excluding carboxylic acids is 2. The van der Waals surface area contributed by atoms with E-state index in [1.165, 1.54) is 51.4 Å². The van der Waals surface area contributed by atoms with Crippen molar-refractivity contribution >= 4 is 27.6 Å². The standard InChI is InChI=1S/C41H76O16P2/c1-3-5-7-9-11-13-15-17-19-21-23-25-27-29-34(42)53-31-33(55-35(43)30-28-26-24-22-20-18-16-14-12-10-8-6-4-2)32-54-59(51,52)57-41-38(46)36(44)37(45)40(39(41)47)56-58(48,49)50/h13-16,33,36-41,44-47H,3-12,17-32H2,1-2H3,(H,51,52)(H2,48,49,50)/b15-13-,16-14-/t33-,36?,37?,38?,39?,40-,41+/m1/s1. The highest BCUT2D eigenvalue weighted by molar-refractivity contribution is 7.47. The fraction of sp³-hybridized carbons (Fsp3) is 0.854. The molecule has 0 bridgehead atoms. The molecule has 59 heavy (non-hydrogen) atoms. The first-order valence-electron chi connectivity index (χ1n) is 21.9. The van der Waals surface area contributed by atoms with E-state index >= 15 is 0 Å². The average molecular weight is 887 g/mol. The van der Waals surface area contributed by atoms with Crippen LogP contribution in [0.25, 0.3) is 0 Å². The minimum Gasteiger partial charge on any atom is -0.462 e. The maximum Gasteiger partial charge on any atom is 0.472 e. The van der Waals surface area contributed by atoms with Crippen LogP contribution in [0.4, 0.5) is 0 Å². The monoisotopic (exact) mass is 886 g/mol. The first-order valence-corrected chi connectivity index (χ1v) is 24.9. The molecule has 0 heterocycles. The Morgan fingerprint density at radius 2 is 0.932 bits per heavy atom. The molecule has 16 nitrogen and oxygen atoms in total. The lowest BCUT2D eigenvalue weighted by molar-refractivity contribution is -0.216. The molecule has 0 amide bonds. The second-order valence-corrected chi connectivity index (χ2v) is 18.0. The Balaban J connectivity index is 2.65. The summed E-state index contributed by atoms with van der Waals surface area (Å²) < 4.78 is 49.2. The summed E-state index contributed by atoms with van der Waals surface area (Å²) in [6, 6.07) is 0. The van der Waals surface area contributed by atoms with Crippen molar-refractivity contribution in [1.82, 2.24) is 0 Å². The Hall–Kier alpha value is -1.52. The van der Waals surface area contributed by atoms with Crippen LogP contribution in [0.5, 0.6) is 0 Å². The Labute approximate surface area is 352 Å². The summed E-state index contributed by atoms with van der Waals surface area (Å²) >= 11 is 0. The van der Waals surface area contributed by atoms with Crippen LogP contribution in [0.3, 0.4) is 0 Å². The Kier molecular flexibility index (Phi) is 31.1. The van der Waals surface area contributed by atoms with E-state index in [1.807, 2.05) is 0 Å². The molecule has 1 aliphatic carbocycles. The first kappa shape index (κ1) is 55.5. The zero-order valence-corrected chi connectivity index (χ0v) is 37.2. The number of aliphatic hydroxyl groups excluding tert-OH is 4. The molecular weight excluding hydrogens is 810 g/mol. The molecule has 0 aromatic rings. The number of esters is 2. The number of ether oxygens (including phenoxy) is 2. The van der Waals surface area contributed by atoms with Gasteiger partial charge in [-0.3, -0.25) is 23.2 Å². The largest absolute Gasteiger partial charge is 0.472 e. The van der Waals surface area contributed by atoms with E-state index in [1.54, 1.807) is 0 Å². The number of hydrogen-bond donors (Lipinski definition) is 7. The number of allylic oxidation sites excluding steroid dienone is 4. The van der Waals surface area contributed by atoms with E-state index in [9.17, 15) is 44.0 Å². The normalized spacial score (nSPS) is 22.8. The second-order valence-electron chi connectivity index (χ2n) is 15.4. The van der Waals surface area contributed by atoms with Gasteiger partial charge in [-0.1, -0.05) is 115 Å². The molecule has 7 N–H and O–H groups in total. The molecule has 8 atom stereocenters. The highest BCUT2D eigenvalue weighted by Crippen LogP contribution is 2.49. The van der Waals surface area contributed by atoms with Crippen LogP contribution >= 0.6 is 15.6 Å². The van der Waals surface area contributed by atoms with Gasteiger partial charge in [0.05, 0.1) is 6.61 Å². The highest BCUT2D eigenvalue weighted by atomic mass is 31.2. The molecule has 0 saturated heterocycles. The minimum atomic E-state index is -5.36. The summed E-state index contributed by atoms with van der Waals surface area (Å²) in [6.07, 6.45) is 17.2. The molecule has 0 aliphatic heterocycles. The molecule has 0 spiro atoms. The van der Waals surface area contributed by atoms with E-state index in [-0.39, 0.29) is 12.8 Å². The Morgan fingerprint density at radius 1 is 0.525 bits per heavy atom. The summed E-state index contributed by atoms with van der Waals surface area (Å²) in [4.78, 5) is 54.1. The molecule has 5 unspecified atom stereocenters. The second kappa shape index (κ2) is 33.1.